The van der Waals surface area contributed by atoms with E-state index in [1.165, 1.54) is 19.3 Å². The molecule has 1 aliphatic rings. The van der Waals surface area contributed by atoms with Crippen molar-refractivity contribution in [2.24, 2.45) is 16.8 Å². The number of guanidine groups is 1. The molecular weight excluding hydrogens is 212 g/mol. The number of aliphatic imine (C=N–C) groups is 1. The van der Waals surface area contributed by atoms with Gasteiger partial charge in [-0.05, 0) is 37.8 Å². The summed E-state index contributed by atoms with van der Waals surface area (Å²) in [5, 5.41) is 3.18. The third-order valence-electron chi connectivity index (χ3n) is 3.34. The molecule has 0 heterocycles. The first kappa shape index (κ1) is 11.9. The largest absolute Gasteiger partial charge is 0.325 e. The molecule has 0 spiro atoms. The van der Waals surface area contributed by atoms with Crippen LogP contribution >= 0.6 is 0 Å². The topological polar surface area (TPSA) is 62.4 Å². The van der Waals surface area contributed by atoms with Crippen LogP contribution < -0.4 is 16.6 Å². The summed E-state index contributed by atoms with van der Waals surface area (Å²) >= 11 is 0. The highest BCUT2D eigenvalue weighted by Crippen LogP contribution is 2.30. The van der Waals surface area contributed by atoms with Gasteiger partial charge in [0, 0.05) is 5.69 Å². The van der Waals surface area contributed by atoms with Crippen LogP contribution in [-0.2, 0) is 0 Å². The Morgan fingerprint density at radius 2 is 2.06 bits per heavy atom. The smallest absolute Gasteiger partial charge is 0.210 e. The van der Waals surface area contributed by atoms with E-state index in [1.807, 2.05) is 30.3 Å². The van der Waals surface area contributed by atoms with Gasteiger partial charge in [0.25, 0.3) is 0 Å². The van der Waals surface area contributed by atoms with Crippen LogP contribution in [0.3, 0.4) is 0 Å². The van der Waals surface area contributed by atoms with Crippen LogP contribution in [0.25, 0.3) is 0 Å². The second-order valence-electron chi connectivity index (χ2n) is 4.54. The molecule has 4 heteroatoms. The third kappa shape index (κ3) is 3.20. The predicted octanol–water partition coefficient (Wildman–Crippen LogP) is 2.11. The van der Waals surface area contributed by atoms with Crippen molar-refractivity contribution in [3.63, 3.8) is 0 Å². The maximum absolute atomic E-state index is 5.49. The van der Waals surface area contributed by atoms with E-state index in [2.05, 4.69) is 22.7 Å². The lowest BCUT2D eigenvalue weighted by Gasteiger charge is -2.29. The van der Waals surface area contributed by atoms with E-state index < -0.39 is 0 Å². The summed E-state index contributed by atoms with van der Waals surface area (Å²) < 4.78 is 0. The van der Waals surface area contributed by atoms with Gasteiger partial charge in [0.15, 0.2) is 0 Å². The van der Waals surface area contributed by atoms with Gasteiger partial charge in [-0.1, -0.05) is 24.6 Å². The molecule has 0 aromatic heterocycles. The second kappa shape index (κ2) is 5.68. The van der Waals surface area contributed by atoms with Gasteiger partial charge in [-0.15, -0.1) is 0 Å². The van der Waals surface area contributed by atoms with Gasteiger partial charge in [-0.3, -0.25) is 5.43 Å². The lowest BCUT2D eigenvalue weighted by Crippen LogP contribution is -2.38. The minimum Gasteiger partial charge on any atom is -0.325 e. The monoisotopic (exact) mass is 232 g/mol. The number of benzene rings is 1. The molecule has 92 valence electrons. The lowest BCUT2D eigenvalue weighted by molar-refractivity contribution is 0.274. The minimum absolute atomic E-state index is 0.325. The van der Waals surface area contributed by atoms with Gasteiger partial charge in [0.2, 0.25) is 5.96 Å². The van der Waals surface area contributed by atoms with Crippen LogP contribution in [0.1, 0.15) is 26.2 Å². The summed E-state index contributed by atoms with van der Waals surface area (Å²) in [7, 11) is 0. The standard InChI is InChI=1S/C13H20N4/c1-10(11-6-5-7-11)15-13(17-14)16-12-8-3-2-4-9-12/h2-4,8-11H,5-7,14H2,1H3,(H2,15,16,17). The molecule has 4 N–H and O–H groups in total. The quantitative estimate of drug-likeness (QED) is 0.324. The fourth-order valence-electron chi connectivity index (χ4n) is 2.00. The van der Waals surface area contributed by atoms with Gasteiger partial charge in [0.05, 0.1) is 6.04 Å². The first-order valence-electron chi connectivity index (χ1n) is 6.16. The Hall–Kier alpha value is -1.55. The Labute approximate surface area is 102 Å². The molecular formula is C13H20N4. The predicted molar refractivity (Wildman–Crippen MR) is 71.6 cm³/mol. The Balaban J connectivity index is 1.98. The Bertz CT molecular complexity index is 370. The van der Waals surface area contributed by atoms with Gasteiger partial charge < -0.3 is 5.32 Å². The summed E-state index contributed by atoms with van der Waals surface area (Å²) in [5.41, 5.74) is 3.61. The maximum atomic E-state index is 5.49. The van der Waals surface area contributed by atoms with E-state index in [9.17, 15) is 0 Å². The molecule has 1 saturated carbocycles. The summed E-state index contributed by atoms with van der Waals surface area (Å²) in [6, 6.07) is 10.2. The molecule has 1 aliphatic carbocycles. The molecule has 0 aliphatic heterocycles. The first-order valence-corrected chi connectivity index (χ1v) is 6.16. The Morgan fingerprint density at radius 3 is 2.59 bits per heavy atom. The zero-order valence-corrected chi connectivity index (χ0v) is 10.2. The van der Waals surface area contributed by atoms with Crippen LogP contribution in [0.2, 0.25) is 0 Å². The van der Waals surface area contributed by atoms with Crippen molar-refractivity contribution in [3.05, 3.63) is 30.3 Å². The molecule has 1 aromatic carbocycles. The summed E-state index contributed by atoms with van der Waals surface area (Å²) in [6.45, 7) is 2.15. The van der Waals surface area contributed by atoms with Crippen LogP contribution in [0, 0.1) is 5.92 Å². The van der Waals surface area contributed by atoms with Crippen molar-refractivity contribution in [2.75, 3.05) is 5.32 Å². The van der Waals surface area contributed by atoms with Gasteiger partial charge >= 0.3 is 0 Å². The van der Waals surface area contributed by atoms with Crippen molar-refractivity contribution in [1.29, 1.82) is 0 Å². The number of hydrazine groups is 1. The number of nitrogens with one attached hydrogen (secondary N) is 2. The molecule has 17 heavy (non-hydrogen) atoms. The van der Waals surface area contributed by atoms with Crippen LogP contribution in [0.5, 0.6) is 0 Å². The Morgan fingerprint density at radius 1 is 1.35 bits per heavy atom. The summed E-state index contributed by atoms with van der Waals surface area (Å²) in [6.07, 6.45) is 3.91. The molecule has 1 atom stereocenters. The number of para-hydroxylation sites is 1. The highest BCUT2D eigenvalue weighted by Gasteiger charge is 2.23. The van der Waals surface area contributed by atoms with Crippen molar-refractivity contribution in [3.8, 4) is 0 Å². The number of anilines is 1. The average Bonchev–Trinajstić information content (AvgIpc) is 2.27. The zero-order chi connectivity index (χ0) is 12.1. The van der Waals surface area contributed by atoms with Crippen molar-refractivity contribution in [2.45, 2.75) is 32.2 Å². The molecule has 4 nitrogen and oxygen atoms in total. The number of hydrogen-bond acceptors (Lipinski definition) is 2. The zero-order valence-electron chi connectivity index (χ0n) is 10.2. The average molecular weight is 232 g/mol. The van der Waals surface area contributed by atoms with E-state index in [-0.39, 0.29) is 0 Å². The first-order chi connectivity index (χ1) is 8.29. The number of hydrogen-bond donors (Lipinski definition) is 3. The highest BCUT2D eigenvalue weighted by atomic mass is 15.3. The molecule has 0 saturated heterocycles. The fraction of sp³-hybridized carbons (Fsp3) is 0.462. The lowest BCUT2D eigenvalue weighted by atomic mass is 9.81. The minimum atomic E-state index is 0.325. The molecule has 2 rings (SSSR count). The van der Waals surface area contributed by atoms with Crippen molar-refractivity contribution in [1.82, 2.24) is 5.43 Å². The highest BCUT2D eigenvalue weighted by molar-refractivity contribution is 5.93. The fourth-order valence-corrected chi connectivity index (χ4v) is 2.00. The van der Waals surface area contributed by atoms with Gasteiger partial charge in [0.1, 0.15) is 0 Å². The summed E-state index contributed by atoms with van der Waals surface area (Å²) in [5.74, 6) is 6.84. The van der Waals surface area contributed by atoms with Gasteiger partial charge in [-0.2, -0.15) is 0 Å². The van der Waals surface area contributed by atoms with Crippen molar-refractivity contribution < 1.29 is 0 Å². The van der Waals surface area contributed by atoms with Crippen molar-refractivity contribution >= 4 is 11.6 Å². The molecule has 0 bridgehead atoms. The van der Waals surface area contributed by atoms with Crippen LogP contribution in [0.15, 0.2) is 35.3 Å². The maximum Gasteiger partial charge on any atom is 0.210 e. The number of nitrogens with zero attached hydrogens (tertiary/aromatic N) is 1. The third-order valence-corrected chi connectivity index (χ3v) is 3.34. The van der Waals surface area contributed by atoms with Crippen LogP contribution in [-0.4, -0.2) is 12.0 Å². The summed E-state index contributed by atoms with van der Waals surface area (Å²) in [4.78, 5) is 4.58. The molecule has 1 aromatic rings. The molecule has 1 unspecified atom stereocenters. The molecule has 1 fully saturated rings. The van der Waals surface area contributed by atoms with E-state index in [4.69, 9.17) is 5.84 Å². The molecule has 0 amide bonds. The number of rotatable bonds is 3. The van der Waals surface area contributed by atoms with E-state index >= 15 is 0 Å². The second-order valence-corrected chi connectivity index (χ2v) is 4.54. The van der Waals surface area contributed by atoms with E-state index in [0.29, 0.717) is 12.0 Å². The normalized spacial score (nSPS) is 18.4. The SMILES string of the molecule is CC(N=C(NN)Nc1ccccc1)C1CCC1. The van der Waals surface area contributed by atoms with E-state index in [0.717, 1.165) is 11.6 Å². The molecule has 0 radical (unpaired) electrons. The van der Waals surface area contributed by atoms with E-state index in [1.54, 1.807) is 0 Å². The van der Waals surface area contributed by atoms with Gasteiger partial charge in [-0.25, -0.2) is 10.8 Å². The number of nitrogens with two attached hydrogens (primary N) is 1. The van der Waals surface area contributed by atoms with Crippen LogP contribution in [0.4, 0.5) is 5.69 Å². The Kier molecular flexibility index (Phi) is 3.98.